The first kappa shape index (κ1) is 18.4. The summed E-state index contributed by atoms with van der Waals surface area (Å²) in [4.78, 5) is 6.21. The number of aromatic nitrogens is 1. The summed E-state index contributed by atoms with van der Waals surface area (Å²) in [6, 6.07) is 7.59. The van der Waals surface area contributed by atoms with Crippen molar-refractivity contribution in [2.75, 3.05) is 46.7 Å². The standard InChI is InChI=1S/C18H22N4O3/c1-22(2)10-9-20-18-14(12-19)21-17(25-18)8-6-13-5-7-15(23-3)16(11-13)24-4/h5-8,11,20H,9-10H2,1-4H3/b8-6+. The van der Waals surface area contributed by atoms with Crippen molar-refractivity contribution in [3.63, 3.8) is 0 Å². The van der Waals surface area contributed by atoms with Gasteiger partial charge in [0.2, 0.25) is 17.5 Å². The first-order valence-corrected chi connectivity index (χ1v) is 7.77. The molecule has 0 unspecified atom stereocenters. The van der Waals surface area contributed by atoms with Crippen LogP contribution in [0.2, 0.25) is 0 Å². The molecule has 0 atom stereocenters. The van der Waals surface area contributed by atoms with Crippen LogP contribution < -0.4 is 14.8 Å². The van der Waals surface area contributed by atoms with E-state index in [-0.39, 0.29) is 5.69 Å². The summed E-state index contributed by atoms with van der Waals surface area (Å²) >= 11 is 0. The topological polar surface area (TPSA) is 83.5 Å². The van der Waals surface area contributed by atoms with Gasteiger partial charge in [-0.05, 0) is 37.9 Å². The molecule has 0 aliphatic carbocycles. The molecule has 0 aliphatic rings. The number of hydrogen-bond donors (Lipinski definition) is 1. The lowest BCUT2D eigenvalue weighted by molar-refractivity contribution is 0.355. The predicted molar refractivity (Wildman–Crippen MR) is 96.7 cm³/mol. The lowest BCUT2D eigenvalue weighted by atomic mass is 10.2. The SMILES string of the molecule is COc1ccc(/C=C/c2nc(C#N)c(NCCN(C)C)o2)cc1OC. The highest BCUT2D eigenvalue weighted by atomic mass is 16.5. The molecule has 7 heteroatoms. The number of benzene rings is 1. The normalized spacial score (nSPS) is 10.9. The second-order valence-corrected chi connectivity index (χ2v) is 5.52. The molecule has 0 saturated heterocycles. The maximum Gasteiger partial charge on any atom is 0.232 e. The van der Waals surface area contributed by atoms with Crippen LogP contribution >= 0.6 is 0 Å². The molecule has 0 bridgehead atoms. The highest BCUT2D eigenvalue weighted by molar-refractivity contribution is 5.68. The van der Waals surface area contributed by atoms with Gasteiger partial charge in [0.15, 0.2) is 11.5 Å². The van der Waals surface area contributed by atoms with Crippen LogP contribution in [0.1, 0.15) is 17.1 Å². The van der Waals surface area contributed by atoms with Gasteiger partial charge in [0.05, 0.1) is 14.2 Å². The quantitative estimate of drug-likeness (QED) is 0.789. The zero-order valence-electron chi connectivity index (χ0n) is 14.9. The summed E-state index contributed by atoms with van der Waals surface area (Å²) in [5.41, 5.74) is 1.14. The number of rotatable bonds is 8. The molecule has 0 radical (unpaired) electrons. The van der Waals surface area contributed by atoms with Crippen molar-refractivity contribution in [3.05, 3.63) is 35.3 Å². The van der Waals surface area contributed by atoms with Crippen LogP contribution in [0.5, 0.6) is 11.5 Å². The molecule has 132 valence electrons. The summed E-state index contributed by atoms with van der Waals surface area (Å²) in [7, 11) is 7.13. The molecule has 1 N–H and O–H groups in total. The molecular formula is C18H22N4O3. The van der Waals surface area contributed by atoms with E-state index < -0.39 is 0 Å². The van der Waals surface area contributed by atoms with Crippen molar-refractivity contribution in [1.29, 1.82) is 5.26 Å². The first-order chi connectivity index (χ1) is 12.1. The van der Waals surface area contributed by atoms with Gasteiger partial charge in [-0.2, -0.15) is 10.2 Å². The summed E-state index contributed by atoms with van der Waals surface area (Å²) < 4.78 is 16.1. The zero-order chi connectivity index (χ0) is 18.2. The van der Waals surface area contributed by atoms with Crippen molar-refractivity contribution in [1.82, 2.24) is 9.88 Å². The lowest BCUT2D eigenvalue weighted by Crippen LogP contribution is -2.20. The minimum atomic E-state index is 0.241. The van der Waals surface area contributed by atoms with Gasteiger partial charge in [-0.1, -0.05) is 6.07 Å². The Morgan fingerprint density at radius 2 is 2.00 bits per heavy atom. The Morgan fingerprint density at radius 3 is 2.64 bits per heavy atom. The fourth-order valence-corrected chi connectivity index (χ4v) is 2.12. The number of nitriles is 1. The van der Waals surface area contributed by atoms with Gasteiger partial charge in [-0.15, -0.1) is 0 Å². The van der Waals surface area contributed by atoms with E-state index in [1.165, 1.54) is 0 Å². The molecule has 0 fully saturated rings. The van der Waals surface area contributed by atoms with Crippen LogP contribution in [0.3, 0.4) is 0 Å². The van der Waals surface area contributed by atoms with Crippen LogP contribution in [-0.4, -0.2) is 51.3 Å². The van der Waals surface area contributed by atoms with E-state index in [1.807, 2.05) is 49.3 Å². The molecule has 0 aliphatic heterocycles. The minimum absolute atomic E-state index is 0.241. The maximum absolute atomic E-state index is 9.17. The van der Waals surface area contributed by atoms with Gasteiger partial charge in [0.1, 0.15) is 6.07 Å². The summed E-state index contributed by atoms with van der Waals surface area (Å²) in [6.45, 7) is 1.48. The van der Waals surface area contributed by atoms with Crippen LogP contribution in [0, 0.1) is 11.3 Å². The molecule has 0 spiro atoms. The number of nitrogens with one attached hydrogen (secondary N) is 1. The van der Waals surface area contributed by atoms with Crippen molar-refractivity contribution >= 4 is 18.0 Å². The number of nitrogens with zero attached hydrogens (tertiary/aromatic N) is 3. The number of methoxy groups -OCH3 is 2. The molecule has 2 aromatic rings. The van der Waals surface area contributed by atoms with Gasteiger partial charge in [-0.3, -0.25) is 0 Å². The van der Waals surface area contributed by atoms with Crippen molar-refractivity contribution in [2.24, 2.45) is 0 Å². The van der Waals surface area contributed by atoms with Gasteiger partial charge in [-0.25, -0.2) is 0 Å². The summed E-state index contributed by atoms with van der Waals surface area (Å²) in [6.07, 6.45) is 3.54. The average molecular weight is 342 g/mol. The first-order valence-electron chi connectivity index (χ1n) is 7.77. The van der Waals surface area contributed by atoms with Crippen molar-refractivity contribution in [3.8, 4) is 17.6 Å². The van der Waals surface area contributed by atoms with Crippen LogP contribution in [0.25, 0.3) is 12.2 Å². The summed E-state index contributed by atoms with van der Waals surface area (Å²) in [5, 5.41) is 12.3. The second kappa shape index (κ2) is 8.76. The predicted octanol–water partition coefficient (Wildman–Crippen LogP) is 2.71. The Bertz CT molecular complexity index is 775. The number of hydrogen-bond acceptors (Lipinski definition) is 7. The number of ether oxygens (including phenoxy) is 2. The fourth-order valence-electron chi connectivity index (χ4n) is 2.12. The van der Waals surface area contributed by atoms with Gasteiger partial charge in [0, 0.05) is 19.2 Å². The Kier molecular flexibility index (Phi) is 6.43. The molecule has 0 amide bonds. The Morgan fingerprint density at radius 1 is 1.24 bits per heavy atom. The average Bonchev–Trinajstić information content (AvgIpc) is 3.01. The Hall–Kier alpha value is -2.98. The number of anilines is 1. The molecule has 1 aromatic heterocycles. The maximum atomic E-state index is 9.17. The van der Waals surface area contributed by atoms with Crippen molar-refractivity contribution in [2.45, 2.75) is 0 Å². The molecular weight excluding hydrogens is 320 g/mol. The molecule has 1 heterocycles. The fraction of sp³-hybridized carbons (Fsp3) is 0.333. The minimum Gasteiger partial charge on any atom is -0.493 e. The number of oxazole rings is 1. The third-order valence-electron chi connectivity index (χ3n) is 3.42. The molecule has 1 aromatic carbocycles. The second-order valence-electron chi connectivity index (χ2n) is 5.52. The van der Waals surface area contributed by atoms with E-state index in [2.05, 4.69) is 10.3 Å². The zero-order valence-corrected chi connectivity index (χ0v) is 14.9. The van der Waals surface area contributed by atoms with Crippen LogP contribution in [-0.2, 0) is 0 Å². The molecule has 0 saturated carbocycles. The van der Waals surface area contributed by atoms with Crippen LogP contribution in [0.15, 0.2) is 22.6 Å². The van der Waals surface area contributed by atoms with Gasteiger partial charge >= 0.3 is 0 Å². The Labute approximate surface area is 147 Å². The van der Waals surface area contributed by atoms with Gasteiger partial charge in [0.25, 0.3) is 0 Å². The van der Waals surface area contributed by atoms with E-state index in [4.69, 9.17) is 13.9 Å². The third-order valence-corrected chi connectivity index (χ3v) is 3.42. The van der Waals surface area contributed by atoms with E-state index in [0.717, 1.165) is 12.1 Å². The lowest BCUT2D eigenvalue weighted by Gasteiger charge is -2.09. The van der Waals surface area contributed by atoms with E-state index in [1.54, 1.807) is 20.3 Å². The van der Waals surface area contributed by atoms with Gasteiger partial charge < -0.3 is 24.1 Å². The summed E-state index contributed by atoms with van der Waals surface area (Å²) in [5.74, 6) is 2.05. The van der Waals surface area contributed by atoms with E-state index >= 15 is 0 Å². The van der Waals surface area contributed by atoms with Crippen molar-refractivity contribution < 1.29 is 13.9 Å². The highest BCUT2D eigenvalue weighted by Gasteiger charge is 2.11. The molecule has 25 heavy (non-hydrogen) atoms. The molecule has 7 nitrogen and oxygen atoms in total. The Balaban J connectivity index is 2.13. The third kappa shape index (κ3) is 4.99. The van der Waals surface area contributed by atoms with Crippen LogP contribution in [0.4, 0.5) is 5.88 Å². The number of likely N-dealkylation sites (N-methyl/N-ethyl adjacent to an activating group) is 1. The monoisotopic (exact) mass is 342 g/mol. The molecule has 2 rings (SSSR count). The van der Waals surface area contributed by atoms with E-state index in [9.17, 15) is 5.26 Å². The highest BCUT2D eigenvalue weighted by Crippen LogP contribution is 2.28. The van der Waals surface area contributed by atoms with E-state index in [0.29, 0.717) is 29.8 Å². The largest absolute Gasteiger partial charge is 0.493 e. The smallest absolute Gasteiger partial charge is 0.232 e.